The minimum Gasteiger partial charge on any atom is -0.383 e. The van der Waals surface area contributed by atoms with E-state index in [-0.39, 0.29) is 6.04 Å². The first-order valence-corrected chi connectivity index (χ1v) is 6.86. The van der Waals surface area contributed by atoms with Crippen LogP contribution in [0.15, 0.2) is 46.2 Å². The molecule has 3 N–H and O–H groups in total. The average molecular weight is 263 g/mol. The summed E-state index contributed by atoms with van der Waals surface area (Å²) in [6.45, 7) is 9.83. The highest BCUT2D eigenvalue weighted by molar-refractivity contribution is 7.99. The minimum atomic E-state index is 0.198. The molecule has 0 fully saturated rings. The van der Waals surface area contributed by atoms with Gasteiger partial charge in [0.2, 0.25) is 0 Å². The van der Waals surface area contributed by atoms with Crippen LogP contribution in [0.4, 0.5) is 0 Å². The number of nitrogens with zero attached hydrogens (tertiary/aromatic N) is 1. The molecule has 0 spiro atoms. The van der Waals surface area contributed by atoms with Gasteiger partial charge in [0.1, 0.15) is 5.82 Å². The summed E-state index contributed by atoms with van der Waals surface area (Å²) in [4.78, 5) is 4.92. The van der Waals surface area contributed by atoms with Gasteiger partial charge in [-0.2, -0.15) is 0 Å². The summed E-state index contributed by atoms with van der Waals surface area (Å²) < 4.78 is 0. The van der Waals surface area contributed by atoms with Gasteiger partial charge < -0.3 is 11.1 Å². The van der Waals surface area contributed by atoms with Gasteiger partial charge in [0.25, 0.3) is 0 Å². The molecular formula is C14H21N3S. The zero-order valence-corrected chi connectivity index (χ0v) is 12.0. The SMILES string of the molecule is C=N/C(N)=C\NC(C)c1ccc(SC(C)C)cc1. The fourth-order valence-electron chi connectivity index (χ4n) is 1.46. The predicted molar refractivity (Wildman–Crippen MR) is 80.8 cm³/mol. The monoisotopic (exact) mass is 263 g/mol. The van der Waals surface area contributed by atoms with Crippen LogP contribution in [-0.4, -0.2) is 12.0 Å². The largest absolute Gasteiger partial charge is 0.383 e. The van der Waals surface area contributed by atoms with Crippen LogP contribution >= 0.6 is 11.8 Å². The second-order valence-corrected chi connectivity index (χ2v) is 6.00. The zero-order valence-electron chi connectivity index (χ0n) is 11.2. The third kappa shape index (κ3) is 4.84. The Balaban J connectivity index is 2.64. The summed E-state index contributed by atoms with van der Waals surface area (Å²) in [6, 6.07) is 8.76. The summed E-state index contributed by atoms with van der Waals surface area (Å²) >= 11 is 1.87. The van der Waals surface area contributed by atoms with Crippen LogP contribution in [-0.2, 0) is 0 Å². The lowest BCUT2D eigenvalue weighted by Crippen LogP contribution is -2.13. The third-order valence-corrected chi connectivity index (χ3v) is 3.43. The number of hydrogen-bond donors (Lipinski definition) is 2. The topological polar surface area (TPSA) is 50.4 Å². The van der Waals surface area contributed by atoms with Crippen LogP contribution < -0.4 is 11.1 Å². The maximum Gasteiger partial charge on any atom is 0.138 e. The predicted octanol–water partition coefficient (Wildman–Crippen LogP) is 3.30. The van der Waals surface area contributed by atoms with Gasteiger partial charge in [-0.25, -0.2) is 4.99 Å². The highest BCUT2D eigenvalue weighted by atomic mass is 32.2. The average Bonchev–Trinajstić information content (AvgIpc) is 2.35. The molecular weight excluding hydrogens is 242 g/mol. The first-order chi connectivity index (χ1) is 8.52. The van der Waals surface area contributed by atoms with Crippen LogP contribution in [0.3, 0.4) is 0 Å². The number of aliphatic imine (C=N–C) groups is 1. The molecule has 0 bridgehead atoms. The first kappa shape index (κ1) is 14.6. The van der Waals surface area contributed by atoms with Crippen molar-refractivity contribution >= 4 is 18.5 Å². The van der Waals surface area contributed by atoms with E-state index in [1.165, 1.54) is 10.5 Å². The van der Waals surface area contributed by atoms with Crippen molar-refractivity contribution in [3.63, 3.8) is 0 Å². The molecule has 1 atom stereocenters. The lowest BCUT2D eigenvalue weighted by atomic mass is 10.1. The van der Waals surface area contributed by atoms with E-state index in [1.807, 2.05) is 11.8 Å². The van der Waals surface area contributed by atoms with Gasteiger partial charge in [0, 0.05) is 22.4 Å². The molecule has 98 valence electrons. The number of hydrogen-bond acceptors (Lipinski definition) is 4. The minimum absolute atomic E-state index is 0.198. The van der Waals surface area contributed by atoms with E-state index in [0.29, 0.717) is 11.1 Å². The van der Waals surface area contributed by atoms with Gasteiger partial charge >= 0.3 is 0 Å². The number of rotatable bonds is 6. The molecule has 1 aromatic rings. The summed E-state index contributed by atoms with van der Waals surface area (Å²) in [5.74, 6) is 0.397. The molecule has 0 aliphatic carbocycles. The smallest absolute Gasteiger partial charge is 0.138 e. The standard InChI is InChI=1S/C14H21N3S/c1-10(2)18-13-7-5-12(6-8-13)11(3)17-9-14(15)16-4/h5-11,17H,4,15H2,1-3H3/b14-9-. The van der Waals surface area contributed by atoms with Crippen molar-refractivity contribution in [1.29, 1.82) is 0 Å². The van der Waals surface area contributed by atoms with Gasteiger partial charge in [0.15, 0.2) is 0 Å². The van der Waals surface area contributed by atoms with Crippen LogP contribution in [0, 0.1) is 0 Å². The van der Waals surface area contributed by atoms with Gasteiger partial charge in [-0.3, -0.25) is 0 Å². The van der Waals surface area contributed by atoms with Gasteiger partial charge in [0.05, 0.1) is 0 Å². The van der Waals surface area contributed by atoms with E-state index in [1.54, 1.807) is 6.20 Å². The number of nitrogens with one attached hydrogen (secondary N) is 1. The van der Waals surface area contributed by atoms with E-state index in [9.17, 15) is 0 Å². The Morgan fingerprint density at radius 1 is 1.33 bits per heavy atom. The van der Waals surface area contributed by atoms with Crippen molar-refractivity contribution in [2.24, 2.45) is 10.7 Å². The quantitative estimate of drug-likeness (QED) is 0.611. The molecule has 1 aromatic carbocycles. The van der Waals surface area contributed by atoms with E-state index < -0.39 is 0 Å². The molecule has 18 heavy (non-hydrogen) atoms. The molecule has 0 heterocycles. The van der Waals surface area contributed by atoms with Crippen molar-refractivity contribution < 1.29 is 0 Å². The summed E-state index contributed by atoms with van der Waals surface area (Å²) in [5.41, 5.74) is 6.76. The molecule has 1 unspecified atom stereocenters. The molecule has 0 saturated heterocycles. The Labute approximate surface area is 114 Å². The van der Waals surface area contributed by atoms with Crippen molar-refractivity contribution in [2.75, 3.05) is 0 Å². The van der Waals surface area contributed by atoms with Gasteiger partial charge in [-0.05, 0) is 31.3 Å². The molecule has 0 aromatic heterocycles. The summed E-state index contributed by atoms with van der Waals surface area (Å²) in [5, 5.41) is 3.79. The van der Waals surface area contributed by atoms with Crippen LogP contribution in [0.5, 0.6) is 0 Å². The highest BCUT2D eigenvalue weighted by Gasteiger charge is 2.04. The molecule has 0 aliphatic heterocycles. The first-order valence-electron chi connectivity index (χ1n) is 5.98. The molecule has 4 heteroatoms. The van der Waals surface area contributed by atoms with Crippen LogP contribution in [0.1, 0.15) is 32.4 Å². The van der Waals surface area contributed by atoms with Crippen LogP contribution in [0.2, 0.25) is 0 Å². The van der Waals surface area contributed by atoms with E-state index in [0.717, 1.165) is 0 Å². The Kier molecular flexibility index (Phi) is 5.78. The molecule has 1 rings (SSSR count). The van der Waals surface area contributed by atoms with Gasteiger partial charge in [-0.15, -0.1) is 11.8 Å². The van der Waals surface area contributed by atoms with E-state index in [2.05, 4.69) is 62.1 Å². The lowest BCUT2D eigenvalue weighted by molar-refractivity contribution is 0.680. The van der Waals surface area contributed by atoms with Crippen molar-refractivity contribution in [3.05, 3.63) is 41.8 Å². The molecule has 0 saturated carbocycles. The summed E-state index contributed by atoms with van der Waals surface area (Å²) in [7, 11) is 0. The lowest BCUT2D eigenvalue weighted by Gasteiger charge is -2.13. The number of thioether (sulfide) groups is 1. The normalized spacial score (nSPS) is 13.4. The second-order valence-electron chi connectivity index (χ2n) is 4.35. The highest BCUT2D eigenvalue weighted by Crippen LogP contribution is 2.24. The van der Waals surface area contributed by atoms with Crippen molar-refractivity contribution in [3.8, 4) is 0 Å². The second kappa shape index (κ2) is 7.11. The fraction of sp³-hybridized carbons (Fsp3) is 0.357. The Morgan fingerprint density at radius 2 is 1.94 bits per heavy atom. The third-order valence-electron chi connectivity index (χ3n) is 2.42. The molecule has 3 nitrogen and oxygen atoms in total. The van der Waals surface area contributed by atoms with E-state index in [4.69, 9.17) is 5.73 Å². The Hall–Kier alpha value is -1.42. The zero-order chi connectivity index (χ0) is 13.5. The number of benzene rings is 1. The maximum atomic E-state index is 5.54. The molecule has 0 radical (unpaired) electrons. The summed E-state index contributed by atoms with van der Waals surface area (Å²) in [6.07, 6.45) is 1.68. The molecule has 0 amide bonds. The Bertz CT molecular complexity index is 410. The van der Waals surface area contributed by atoms with Gasteiger partial charge in [-0.1, -0.05) is 26.0 Å². The van der Waals surface area contributed by atoms with Crippen LogP contribution in [0.25, 0.3) is 0 Å². The Morgan fingerprint density at radius 3 is 2.44 bits per heavy atom. The fourth-order valence-corrected chi connectivity index (χ4v) is 2.30. The molecule has 0 aliphatic rings. The maximum absolute atomic E-state index is 5.54. The van der Waals surface area contributed by atoms with Crippen molar-refractivity contribution in [2.45, 2.75) is 37.0 Å². The number of nitrogens with two attached hydrogens (primary N) is 1. The van der Waals surface area contributed by atoms with E-state index >= 15 is 0 Å². The van der Waals surface area contributed by atoms with Crippen molar-refractivity contribution in [1.82, 2.24) is 5.32 Å².